The summed E-state index contributed by atoms with van der Waals surface area (Å²) >= 11 is 0. The molecule has 2 rings (SSSR count). The molecule has 5 atom stereocenters. The van der Waals surface area contributed by atoms with Crippen molar-refractivity contribution in [1.82, 2.24) is 0 Å². The largest absolute Gasteiger partial charge is 0.134 e. The molecule has 0 N–H and O–H groups in total. The second kappa shape index (κ2) is 3.54. The summed E-state index contributed by atoms with van der Waals surface area (Å²) in [5.74, 6) is 2.01. The molecule has 0 aromatic rings. The summed E-state index contributed by atoms with van der Waals surface area (Å²) in [4.78, 5) is 0. The molecule has 13 heavy (non-hydrogen) atoms. The van der Waals surface area contributed by atoms with E-state index in [0.717, 1.165) is 17.5 Å². The molecule has 0 bridgehead atoms. The second-order valence-corrected chi connectivity index (χ2v) is 6.32. The highest BCUT2D eigenvalue weighted by Crippen LogP contribution is 2.55. The van der Waals surface area contributed by atoms with Gasteiger partial charge in [-0.1, -0.05) is 33.1 Å². The normalized spacial score (nSPS) is 51.5. The zero-order valence-electron chi connectivity index (χ0n) is 9.05. The van der Waals surface area contributed by atoms with Crippen LogP contribution in [-0.4, -0.2) is 5.66 Å². The number of rotatable bonds is 0. The van der Waals surface area contributed by atoms with Gasteiger partial charge in [0.05, 0.1) is 0 Å². The summed E-state index contributed by atoms with van der Waals surface area (Å²) < 4.78 is 0. The van der Waals surface area contributed by atoms with E-state index in [1.807, 2.05) is 0 Å². The Morgan fingerprint density at radius 3 is 2.69 bits per heavy atom. The topological polar surface area (TPSA) is 0 Å². The van der Waals surface area contributed by atoms with Gasteiger partial charge in [0, 0.05) is 0 Å². The van der Waals surface area contributed by atoms with E-state index in [1.165, 1.54) is 38.5 Å². The molecule has 76 valence electrons. The summed E-state index contributed by atoms with van der Waals surface area (Å²) in [6.07, 6.45) is 8.86. The van der Waals surface area contributed by atoms with Crippen LogP contribution in [0.5, 0.6) is 0 Å². The minimum Gasteiger partial charge on any atom is -0.134 e. The lowest BCUT2D eigenvalue weighted by molar-refractivity contribution is 0.172. The lowest BCUT2D eigenvalue weighted by Crippen LogP contribution is -2.31. The van der Waals surface area contributed by atoms with Crippen molar-refractivity contribution in [3.05, 3.63) is 0 Å². The summed E-state index contributed by atoms with van der Waals surface area (Å²) in [6, 6.07) is 0. The van der Waals surface area contributed by atoms with Crippen LogP contribution >= 0.6 is 9.24 Å². The van der Waals surface area contributed by atoms with Crippen molar-refractivity contribution in [2.24, 2.45) is 17.3 Å². The van der Waals surface area contributed by atoms with Crippen LogP contribution < -0.4 is 0 Å². The van der Waals surface area contributed by atoms with Gasteiger partial charge in [-0.2, -0.15) is 0 Å². The Balaban J connectivity index is 2.21. The van der Waals surface area contributed by atoms with Crippen molar-refractivity contribution < 1.29 is 0 Å². The summed E-state index contributed by atoms with van der Waals surface area (Å²) in [7, 11) is 3.11. The van der Waals surface area contributed by atoms with Gasteiger partial charge in [0.15, 0.2) is 0 Å². The minimum absolute atomic E-state index is 0.667. The highest BCUT2D eigenvalue weighted by molar-refractivity contribution is 7.17. The van der Waals surface area contributed by atoms with Crippen LogP contribution in [0.3, 0.4) is 0 Å². The van der Waals surface area contributed by atoms with E-state index in [4.69, 9.17) is 0 Å². The van der Waals surface area contributed by atoms with E-state index in [0.29, 0.717) is 5.41 Å². The SMILES string of the molecule is CC1CCCCC2(C)C(P)CCC12. The van der Waals surface area contributed by atoms with Gasteiger partial charge in [0.25, 0.3) is 0 Å². The van der Waals surface area contributed by atoms with Gasteiger partial charge in [-0.15, -0.1) is 9.24 Å². The second-order valence-electron chi connectivity index (χ2n) is 5.52. The molecular weight excluding hydrogens is 175 g/mol. The average Bonchev–Trinajstić information content (AvgIpc) is 2.29. The van der Waals surface area contributed by atoms with Crippen molar-refractivity contribution in [2.75, 3.05) is 0 Å². The molecule has 0 saturated heterocycles. The molecule has 0 heterocycles. The van der Waals surface area contributed by atoms with E-state index in [9.17, 15) is 0 Å². The van der Waals surface area contributed by atoms with E-state index in [2.05, 4.69) is 23.1 Å². The maximum atomic E-state index is 3.11. The fraction of sp³-hybridized carbons (Fsp3) is 1.00. The van der Waals surface area contributed by atoms with Crippen molar-refractivity contribution in [2.45, 2.75) is 58.0 Å². The molecular formula is C12H23P. The van der Waals surface area contributed by atoms with Gasteiger partial charge in [-0.3, -0.25) is 0 Å². The number of hydrogen-bond donors (Lipinski definition) is 0. The zero-order valence-corrected chi connectivity index (χ0v) is 10.2. The Morgan fingerprint density at radius 2 is 1.92 bits per heavy atom. The summed E-state index contributed by atoms with van der Waals surface area (Å²) in [6.45, 7) is 5.03. The third-order valence-corrected chi connectivity index (χ3v) is 5.89. The quantitative estimate of drug-likeness (QED) is 0.518. The van der Waals surface area contributed by atoms with Crippen LogP contribution in [0, 0.1) is 17.3 Å². The van der Waals surface area contributed by atoms with Crippen LogP contribution in [0.4, 0.5) is 0 Å². The molecule has 2 aliphatic carbocycles. The minimum atomic E-state index is 0.667. The molecule has 5 unspecified atom stereocenters. The molecule has 0 spiro atoms. The molecule has 0 amide bonds. The number of hydrogen-bond acceptors (Lipinski definition) is 0. The third-order valence-electron chi connectivity index (χ3n) is 4.79. The van der Waals surface area contributed by atoms with Crippen molar-refractivity contribution in [3.8, 4) is 0 Å². The van der Waals surface area contributed by atoms with E-state index in [-0.39, 0.29) is 0 Å². The van der Waals surface area contributed by atoms with Gasteiger partial charge < -0.3 is 0 Å². The lowest BCUT2D eigenvalue weighted by atomic mass is 9.72. The Labute approximate surface area is 85.1 Å². The summed E-state index contributed by atoms with van der Waals surface area (Å²) in [5.41, 5.74) is 1.57. The molecule has 0 aliphatic heterocycles. The lowest BCUT2D eigenvalue weighted by Gasteiger charge is -2.36. The molecule has 2 fully saturated rings. The van der Waals surface area contributed by atoms with Gasteiger partial charge in [-0.05, 0) is 42.2 Å². The van der Waals surface area contributed by atoms with Gasteiger partial charge in [0.1, 0.15) is 0 Å². The molecule has 1 heteroatoms. The maximum Gasteiger partial charge on any atom is -0.0207 e. The molecule has 0 nitrogen and oxygen atoms in total. The first-order valence-electron chi connectivity index (χ1n) is 5.90. The van der Waals surface area contributed by atoms with Crippen LogP contribution in [-0.2, 0) is 0 Å². The molecule has 2 aliphatic rings. The van der Waals surface area contributed by atoms with Crippen LogP contribution in [0.1, 0.15) is 52.4 Å². The number of fused-ring (bicyclic) bond motifs is 1. The Kier molecular flexibility index (Phi) is 2.71. The first kappa shape index (κ1) is 9.97. The smallest absolute Gasteiger partial charge is 0.0207 e. The average molecular weight is 198 g/mol. The first-order valence-corrected chi connectivity index (χ1v) is 6.57. The molecule has 0 aromatic carbocycles. The van der Waals surface area contributed by atoms with Gasteiger partial charge in [0.2, 0.25) is 0 Å². The van der Waals surface area contributed by atoms with Crippen LogP contribution in [0.25, 0.3) is 0 Å². The monoisotopic (exact) mass is 198 g/mol. The highest BCUT2D eigenvalue weighted by atomic mass is 31.0. The van der Waals surface area contributed by atoms with E-state index in [1.54, 1.807) is 0 Å². The highest BCUT2D eigenvalue weighted by Gasteiger charge is 2.46. The third kappa shape index (κ3) is 1.56. The Hall–Kier alpha value is 0.430. The van der Waals surface area contributed by atoms with Gasteiger partial charge in [-0.25, -0.2) is 0 Å². The van der Waals surface area contributed by atoms with Crippen molar-refractivity contribution >= 4 is 9.24 Å². The Bertz CT molecular complexity index is 190. The van der Waals surface area contributed by atoms with Crippen molar-refractivity contribution in [3.63, 3.8) is 0 Å². The summed E-state index contributed by atoms with van der Waals surface area (Å²) in [5, 5.41) is 0. The van der Waals surface area contributed by atoms with Crippen molar-refractivity contribution in [1.29, 1.82) is 0 Å². The first-order chi connectivity index (χ1) is 6.14. The predicted octanol–water partition coefficient (Wildman–Crippen LogP) is 3.86. The zero-order chi connectivity index (χ0) is 9.47. The fourth-order valence-electron chi connectivity index (χ4n) is 3.77. The molecule has 2 saturated carbocycles. The Morgan fingerprint density at radius 1 is 1.15 bits per heavy atom. The predicted molar refractivity (Wildman–Crippen MR) is 62.0 cm³/mol. The van der Waals surface area contributed by atoms with Crippen LogP contribution in [0.2, 0.25) is 0 Å². The van der Waals surface area contributed by atoms with Gasteiger partial charge >= 0.3 is 0 Å². The van der Waals surface area contributed by atoms with Crippen LogP contribution in [0.15, 0.2) is 0 Å². The van der Waals surface area contributed by atoms with E-state index >= 15 is 0 Å². The maximum absolute atomic E-state index is 3.11. The molecule has 0 radical (unpaired) electrons. The fourth-order valence-corrected chi connectivity index (χ4v) is 4.38. The van der Waals surface area contributed by atoms with E-state index < -0.39 is 0 Å². The standard InChI is InChI=1S/C12H23P/c1-9-5-3-4-8-12(2)10(9)6-7-11(12)13/h9-11H,3-8,13H2,1-2H3. The molecule has 0 aromatic heterocycles.